The summed E-state index contributed by atoms with van der Waals surface area (Å²) in [6.45, 7) is 3.53. The van der Waals surface area contributed by atoms with Crippen LogP contribution in [0.15, 0.2) is 35.5 Å². The van der Waals surface area contributed by atoms with E-state index in [9.17, 15) is 15.0 Å². The van der Waals surface area contributed by atoms with Crippen LogP contribution >= 0.6 is 11.8 Å². The molecule has 2 saturated carbocycles. The third kappa shape index (κ3) is 4.68. The van der Waals surface area contributed by atoms with Gasteiger partial charge in [0.15, 0.2) is 22.1 Å². The lowest BCUT2D eigenvalue weighted by Crippen LogP contribution is -2.39. The van der Waals surface area contributed by atoms with Crippen LogP contribution in [0.5, 0.6) is 0 Å². The van der Waals surface area contributed by atoms with Crippen LogP contribution in [-0.4, -0.2) is 83.1 Å². The number of hydrogen-bond donors (Lipinski definition) is 3. The molecule has 6 rings (SSSR count). The molecule has 1 amide bonds. The van der Waals surface area contributed by atoms with E-state index in [-0.39, 0.29) is 11.9 Å². The molecular formula is C26H33N7O3S. The second kappa shape index (κ2) is 10.2. The largest absolute Gasteiger partial charge is 0.390 e. The van der Waals surface area contributed by atoms with E-state index in [0.717, 1.165) is 31.4 Å². The normalized spacial score (nSPS) is 29.2. The van der Waals surface area contributed by atoms with Gasteiger partial charge < -0.3 is 20.4 Å². The molecule has 2 unspecified atom stereocenters. The Kier molecular flexibility index (Phi) is 6.76. The summed E-state index contributed by atoms with van der Waals surface area (Å²) in [6, 6.07) is 10.1. The molecule has 1 saturated heterocycles. The standard InChI is InChI=1S/C26H33N7O3S/c1-2-12-37-26-28-23(27-18-13-16(18)15-8-4-3-5-9-15)20-24(29-26)33(31-30-20)19-14-17(21(34)22(19)35)25(36)32-10-6-7-11-32/h3-5,8-9,16-19,21-22,34-35H,2,6-7,10-14H2,1H3,(H,27,28,29)/t16?,17-,18?,19+,21+,22-/m0/s1. The highest BCUT2D eigenvalue weighted by atomic mass is 32.2. The van der Waals surface area contributed by atoms with Gasteiger partial charge in [-0.15, -0.1) is 5.10 Å². The van der Waals surface area contributed by atoms with E-state index < -0.39 is 24.2 Å². The van der Waals surface area contributed by atoms with Crippen LogP contribution in [0, 0.1) is 5.92 Å². The zero-order valence-electron chi connectivity index (χ0n) is 20.9. The molecule has 0 bridgehead atoms. The van der Waals surface area contributed by atoms with Crippen molar-refractivity contribution in [2.24, 2.45) is 5.92 Å². The molecule has 6 atom stereocenters. The molecule has 3 aromatic rings. The number of anilines is 1. The van der Waals surface area contributed by atoms with E-state index in [4.69, 9.17) is 9.97 Å². The number of nitrogens with one attached hydrogen (secondary N) is 1. The van der Waals surface area contributed by atoms with Crippen LogP contribution in [0.3, 0.4) is 0 Å². The summed E-state index contributed by atoms with van der Waals surface area (Å²) >= 11 is 1.57. The number of carbonyl (C=O) groups excluding carboxylic acids is 1. The Balaban J connectivity index is 1.29. The van der Waals surface area contributed by atoms with Gasteiger partial charge in [0.2, 0.25) is 5.91 Å². The number of benzene rings is 1. The molecule has 3 fully saturated rings. The van der Waals surface area contributed by atoms with Gasteiger partial charge in [-0.2, -0.15) is 0 Å². The van der Waals surface area contributed by atoms with E-state index in [0.29, 0.717) is 47.6 Å². The van der Waals surface area contributed by atoms with Crippen molar-refractivity contribution >= 4 is 34.7 Å². The Hall–Kier alpha value is -2.76. The number of nitrogens with zero attached hydrogens (tertiary/aromatic N) is 6. The highest BCUT2D eigenvalue weighted by molar-refractivity contribution is 7.99. The zero-order chi connectivity index (χ0) is 25.5. The highest BCUT2D eigenvalue weighted by Gasteiger charge is 2.48. The molecule has 11 heteroatoms. The van der Waals surface area contributed by atoms with Gasteiger partial charge in [-0.05, 0) is 37.7 Å². The molecular weight excluding hydrogens is 490 g/mol. The summed E-state index contributed by atoms with van der Waals surface area (Å²) in [5.74, 6) is 1.17. The molecule has 1 aromatic carbocycles. The van der Waals surface area contributed by atoms with Crippen molar-refractivity contribution in [3.8, 4) is 0 Å². The molecule has 1 aliphatic heterocycles. The van der Waals surface area contributed by atoms with Gasteiger partial charge in [0, 0.05) is 30.8 Å². The van der Waals surface area contributed by atoms with E-state index in [2.05, 4.69) is 46.8 Å². The summed E-state index contributed by atoms with van der Waals surface area (Å²) in [7, 11) is 0. The minimum absolute atomic E-state index is 0.0900. The maximum atomic E-state index is 13.1. The Morgan fingerprint density at radius 2 is 1.89 bits per heavy atom. The molecule has 3 aliphatic rings. The van der Waals surface area contributed by atoms with Gasteiger partial charge in [0.05, 0.1) is 18.1 Å². The Morgan fingerprint density at radius 1 is 1.11 bits per heavy atom. The van der Waals surface area contributed by atoms with Gasteiger partial charge in [0.25, 0.3) is 0 Å². The third-order valence-electron chi connectivity index (χ3n) is 7.78. The van der Waals surface area contributed by atoms with Crippen LogP contribution in [0.25, 0.3) is 11.2 Å². The van der Waals surface area contributed by atoms with E-state index in [1.165, 1.54) is 5.56 Å². The minimum Gasteiger partial charge on any atom is -0.390 e. The van der Waals surface area contributed by atoms with Crippen LogP contribution in [0.2, 0.25) is 0 Å². The van der Waals surface area contributed by atoms with Crippen LogP contribution in [-0.2, 0) is 4.79 Å². The topological polar surface area (TPSA) is 129 Å². The van der Waals surface area contributed by atoms with Crippen LogP contribution < -0.4 is 5.32 Å². The lowest BCUT2D eigenvalue weighted by molar-refractivity contribution is -0.138. The van der Waals surface area contributed by atoms with Gasteiger partial charge in [-0.3, -0.25) is 4.79 Å². The summed E-state index contributed by atoms with van der Waals surface area (Å²) in [4.78, 5) is 24.4. The molecule has 3 N–H and O–H groups in total. The van der Waals surface area contributed by atoms with Crippen LogP contribution in [0.1, 0.15) is 56.6 Å². The predicted molar refractivity (Wildman–Crippen MR) is 140 cm³/mol. The maximum Gasteiger partial charge on any atom is 0.228 e. The van der Waals surface area contributed by atoms with Gasteiger partial charge in [-0.1, -0.05) is 54.2 Å². The number of amides is 1. The first-order chi connectivity index (χ1) is 18.0. The average molecular weight is 524 g/mol. The molecule has 37 heavy (non-hydrogen) atoms. The fourth-order valence-corrected chi connectivity index (χ4v) is 6.35. The second-order valence-electron chi connectivity index (χ2n) is 10.3. The number of aromatic nitrogens is 5. The number of likely N-dealkylation sites (tertiary alicyclic amines) is 1. The number of rotatable bonds is 8. The fraction of sp³-hybridized carbons (Fsp3) is 0.577. The number of carbonyl (C=O) groups is 1. The number of fused-ring (bicyclic) bond motifs is 1. The van der Waals surface area contributed by atoms with E-state index in [1.807, 2.05) is 6.07 Å². The summed E-state index contributed by atoms with van der Waals surface area (Å²) in [5, 5.41) is 34.7. The van der Waals surface area contributed by atoms with Crippen LogP contribution in [0.4, 0.5) is 5.82 Å². The van der Waals surface area contributed by atoms with E-state index >= 15 is 0 Å². The lowest BCUT2D eigenvalue weighted by Gasteiger charge is -2.22. The van der Waals surface area contributed by atoms with Gasteiger partial charge in [-0.25, -0.2) is 14.6 Å². The summed E-state index contributed by atoms with van der Waals surface area (Å²) < 4.78 is 1.59. The third-order valence-corrected chi connectivity index (χ3v) is 8.83. The number of aliphatic hydroxyl groups excluding tert-OH is 2. The Bertz CT molecular complexity index is 1270. The molecule has 0 spiro atoms. The van der Waals surface area contributed by atoms with Crippen molar-refractivity contribution < 1.29 is 15.0 Å². The molecule has 2 aromatic heterocycles. The van der Waals surface area contributed by atoms with Gasteiger partial charge >= 0.3 is 0 Å². The van der Waals surface area contributed by atoms with Crippen molar-refractivity contribution in [1.82, 2.24) is 29.9 Å². The monoisotopic (exact) mass is 523 g/mol. The predicted octanol–water partition coefficient (Wildman–Crippen LogP) is 2.60. The van der Waals surface area contributed by atoms with Crippen molar-refractivity contribution in [2.45, 2.75) is 74.4 Å². The average Bonchev–Trinajstić information content (AvgIpc) is 3.24. The summed E-state index contributed by atoms with van der Waals surface area (Å²) in [6.07, 6.45) is 1.96. The number of hydrogen-bond acceptors (Lipinski definition) is 9. The van der Waals surface area contributed by atoms with Gasteiger partial charge in [0.1, 0.15) is 6.10 Å². The van der Waals surface area contributed by atoms with E-state index in [1.54, 1.807) is 21.3 Å². The highest BCUT2D eigenvalue weighted by Crippen LogP contribution is 2.44. The second-order valence-corrected chi connectivity index (χ2v) is 11.4. The zero-order valence-corrected chi connectivity index (χ0v) is 21.7. The Morgan fingerprint density at radius 3 is 2.65 bits per heavy atom. The first-order valence-electron chi connectivity index (χ1n) is 13.3. The minimum atomic E-state index is -1.15. The lowest BCUT2D eigenvalue weighted by atomic mass is 10.0. The van der Waals surface area contributed by atoms with Crippen molar-refractivity contribution in [1.29, 1.82) is 0 Å². The quantitative estimate of drug-likeness (QED) is 0.301. The SMILES string of the molecule is CCCSc1nc(NC2CC2c2ccccc2)c2nnn([C@@H]3C[C@H](C(=O)N4CCCC4)[C@@H](O)[C@H]3O)c2n1. The molecule has 0 radical (unpaired) electrons. The summed E-state index contributed by atoms with van der Waals surface area (Å²) in [5.41, 5.74) is 2.35. The van der Waals surface area contributed by atoms with Crippen molar-refractivity contribution in [2.75, 3.05) is 24.2 Å². The Labute approximate surface area is 219 Å². The molecule has 196 valence electrons. The van der Waals surface area contributed by atoms with Crippen molar-refractivity contribution in [3.63, 3.8) is 0 Å². The first kappa shape index (κ1) is 24.6. The fourth-order valence-electron chi connectivity index (χ4n) is 5.66. The maximum absolute atomic E-state index is 13.1. The molecule has 10 nitrogen and oxygen atoms in total. The molecule has 3 heterocycles. The smallest absolute Gasteiger partial charge is 0.228 e. The first-order valence-corrected chi connectivity index (χ1v) is 14.3. The molecule has 2 aliphatic carbocycles. The number of aliphatic hydroxyl groups is 2. The number of thioether (sulfide) groups is 1. The van der Waals surface area contributed by atoms with Crippen molar-refractivity contribution in [3.05, 3.63) is 35.9 Å².